The van der Waals surface area contributed by atoms with Gasteiger partial charge in [-0.15, -0.1) is 11.3 Å². The van der Waals surface area contributed by atoms with Crippen LogP contribution in [0.15, 0.2) is 162 Å². The van der Waals surface area contributed by atoms with Crippen molar-refractivity contribution in [2.45, 2.75) is 37.5 Å². The van der Waals surface area contributed by atoms with Gasteiger partial charge in [0.1, 0.15) is 11.2 Å². The highest BCUT2D eigenvalue weighted by molar-refractivity contribution is 7.26. The number of nitrogens with zero attached hydrogens (tertiary/aromatic N) is 2. The van der Waals surface area contributed by atoms with E-state index in [1.54, 1.807) is 11.3 Å². The Kier molecular flexibility index (Phi) is 7.03. The molecule has 0 atom stereocenters. The molecule has 0 saturated heterocycles. The van der Waals surface area contributed by atoms with Crippen molar-refractivity contribution in [3.05, 3.63) is 169 Å². The predicted octanol–water partition coefficient (Wildman–Crippen LogP) is 14.6. The van der Waals surface area contributed by atoms with Gasteiger partial charge in [-0.3, -0.25) is 0 Å². The van der Waals surface area contributed by atoms with Crippen LogP contribution in [0, 0.1) is 0 Å². The summed E-state index contributed by atoms with van der Waals surface area (Å²) in [4.78, 5) is 10.6. The van der Waals surface area contributed by atoms with Crippen molar-refractivity contribution in [1.29, 1.82) is 0 Å². The van der Waals surface area contributed by atoms with E-state index in [0.29, 0.717) is 5.82 Å². The van der Waals surface area contributed by atoms with Gasteiger partial charge in [0.2, 0.25) is 0 Å². The maximum atomic E-state index is 6.86. The van der Waals surface area contributed by atoms with E-state index >= 15 is 0 Å². The molecular formula is C52H36N2OS. The van der Waals surface area contributed by atoms with Crippen molar-refractivity contribution < 1.29 is 4.42 Å². The molecule has 0 N–H and O–H groups in total. The third-order valence-corrected chi connectivity index (χ3v) is 13.7. The first-order chi connectivity index (χ1) is 27.7. The van der Waals surface area contributed by atoms with E-state index in [9.17, 15) is 0 Å². The standard InChI is InChI=1S/C52H36N2OS/c1-3-13-32(14-4-1)33-23-25-34(26-24-33)51-53-47-40-16-6-8-22-45(40)56-50(47)48(54-51)41-20-12-19-39-42-31-35(27-28-44(42)55-49(39)41)36-17-11-18-38-37-15-5-7-21-43(37)52(46(36)38)29-9-2-10-30-52/h1,3-8,11-28,31H,2,9-10,29-30H2. The van der Waals surface area contributed by atoms with Crippen LogP contribution < -0.4 is 0 Å². The SMILES string of the molecule is c1ccc(-c2ccc(-c3nc(-c4cccc5c4oc4ccc(-c6cccc7c6C6(CCCCC6)c6ccccc6-7)cc45)c4sc5ccccc5c4n3)cc2)cc1. The summed E-state index contributed by atoms with van der Waals surface area (Å²) in [6.45, 7) is 0. The largest absolute Gasteiger partial charge is 0.455 e. The second kappa shape index (κ2) is 12.3. The first-order valence-electron chi connectivity index (χ1n) is 19.8. The average Bonchev–Trinajstić information content (AvgIpc) is 3.92. The van der Waals surface area contributed by atoms with E-state index in [-0.39, 0.29) is 5.41 Å². The second-order valence-electron chi connectivity index (χ2n) is 15.5. The van der Waals surface area contributed by atoms with Crippen LogP contribution in [0.5, 0.6) is 0 Å². The highest BCUT2D eigenvalue weighted by Crippen LogP contribution is 2.58. The molecule has 0 radical (unpaired) electrons. The molecule has 1 spiro atoms. The Morgan fingerprint density at radius 3 is 2.07 bits per heavy atom. The molecule has 3 heterocycles. The minimum atomic E-state index is 0.0730. The summed E-state index contributed by atoms with van der Waals surface area (Å²) in [5, 5.41) is 3.38. The van der Waals surface area contributed by atoms with Crippen molar-refractivity contribution in [3.63, 3.8) is 0 Å². The minimum Gasteiger partial charge on any atom is -0.455 e. The molecule has 56 heavy (non-hydrogen) atoms. The van der Waals surface area contributed by atoms with E-state index < -0.39 is 0 Å². The molecule has 3 nitrogen and oxygen atoms in total. The van der Waals surface area contributed by atoms with E-state index in [0.717, 1.165) is 54.4 Å². The number of aromatic nitrogens is 2. The Balaban J connectivity index is 1.03. The fraction of sp³-hybridized carbons (Fsp3) is 0.115. The summed E-state index contributed by atoms with van der Waals surface area (Å²) in [6, 6.07) is 57.1. The number of benzene rings is 7. The Morgan fingerprint density at radius 1 is 0.500 bits per heavy atom. The number of hydrogen-bond acceptors (Lipinski definition) is 4. The van der Waals surface area contributed by atoms with Gasteiger partial charge in [-0.05, 0) is 81.6 Å². The molecule has 0 amide bonds. The van der Waals surface area contributed by atoms with Crippen LogP contribution in [-0.4, -0.2) is 9.97 Å². The Labute approximate surface area is 328 Å². The molecule has 1 saturated carbocycles. The molecule has 7 aromatic carbocycles. The van der Waals surface area contributed by atoms with Crippen molar-refractivity contribution in [2.24, 2.45) is 0 Å². The number of rotatable bonds is 4. The highest BCUT2D eigenvalue weighted by Gasteiger charge is 2.45. The smallest absolute Gasteiger partial charge is 0.160 e. The van der Waals surface area contributed by atoms with E-state index in [1.807, 2.05) is 0 Å². The number of furan rings is 1. The van der Waals surface area contributed by atoms with Gasteiger partial charge < -0.3 is 4.42 Å². The third-order valence-electron chi connectivity index (χ3n) is 12.5. The van der Waals surface area contributed by atoms with Crippen LogP contribution in [0.2, 0.25) is 0 Å². The zero-order chi connectivity index (χ0) is 36.8. The van der Waals surface area contributed by atoms with Gasteiger partial charge in [0.25, 0.3) is 0 Å². The molecule has 12 rings (SSSR count). The third kappa shape index (κ3) is 4.69. The van der Waals surface area contributed by atoms with Crippen molar-refractivity contribution >= 4 is 53.6 Å². The van der Waals surface area contributed by atoms with Crippen LogP contribution >= 0.6 is 11.3 Å². The Bertz CT molecular complexity index is 3170. The summed E-state index contributed by atoms with van der Waals surface area (Å²) in [5.41, 5.74) is 16.5. The fourth-order valence-electron chi connectivity index (χ4n) is 9.97. The van der Waals surface area contributed by atoms with Gasteiger partial charge in [-0.1, -0.05) is 153 Å². The van der Waals surface area contributed by atoms with Gasteiger partial charge >= 0.3 is 0 Å². The molecule has 0 bridgehead atoms. The maximum absolute atomic E-state index is 6.86. The molecule has 2 aliphatic carbocycles. The van der Waals surface area contributed by atoms with E-state index in [1.165, 1.54) is 81.3 Å². The van der Waals surface area contributed by atoms with Crippen LogP contribution in [0.3, 0.4) is 0 Å². The quantitative estimate of drug-likeness (QED) is 0.181. The summed E-state index contributed by atoms with van der Waals surface area (Å²) in [6.07, 6.45) is 6.27. The topological polar surface area (TPSA) is 38.9 Å². The Hall–Kier alpha value is -6.36. The summed E-state index contributed by atoms with van der Waals surface area (Å²) < 4.78 is 9.13. The lowest BCUT2D eigenvalue weighted by Crippen LogP contribution is -2.28. The molecule has 0 aliphatic heterocycles. The zero-order valence-corrected chi connectivity index (χ0v) is 31.6. The summed E-state index contributed by atoms with van der Waals surface area (Å²) in [5.74, 6) is 0.710. The van der Waals surface area contributed by atoms with E-state index in [2.05, 4.69) is 158 Å². The molecule has 266 valence electrons. The number of thiophene rings is 1. The van der Waals surface area contributed by atoms with Gasteiger partial charge in [-0.2, -0.15) is 0 Å². The lowest BCUT2D eigenvalue weighted by Gasteiger charge is -2.37. The molecule has 4 heteroatoms. The van der Waals surface area contributed by atoms with Crippen LogP contribution in [-0.2, 0) is 5.41 Å². The molecular weight excluding hydrogens is 701 g/mol. The Morgan fingerprint density at radius 2 is 1.18 bits per heavy atom. The number of fused-ring (bicyclic) bond motifs is 11. The van der Waals surface area contributed by atoms with Crippen molar-refractivity contribution in [2.75, 3.05) is 0 Å². The lowest BCUT2D eigenvalue weighted by atomic mass is 9.66. The summed E-state index contributed by atoms with van der Waals surface area (Å²) >= 11 is 1.75. The molecule has 0 unspecified atom stereocenters. The average molecular weight is 737 g/mol. The van der Waals surface area contributed by atoms with Crippen LogP contribution in [0.25, 0.3) is 98.3 Å². The maximum Gasteiger partial charge on any atom is 0.160 e. The summed E-state index contributed by atoms with van der Waals surface area (Å²) in [7, 11) is 0. The van der Waals surface area contributed by atoms with Crippen LogP contribution in [0.4, 0.5) is 0 Å². The fourth-order valence-corrected chi connectivity index (χ4v) is 11.1. The zero-order valence-electron chi connectivity index (χ0n) is 30.8. The first kappa shape index (κ1) is 31.9. The number of para-hydroxylation sites is 1. The molecule has 3 aromatic heterocycles. The molecule has 2 aliphatic rings. The highest BCUT2D eigenvalue weighted by atomic mass is 32.1. The molecule has 10 aromatic rings. The normalized spacial score (nSPS) is 14.6. The van der Waals surface area contributed by atoms with E-state index in [4.69, 9.17) is 14.4 Å². The molecule has 1 fully saturated rings. The first-order valence-corrected chi connectivity index (χ1v) is 20.6. The van der Waals surface area contributed by atoms with Crippen molar-refractivity contribution in [1.82, 2.24) is 9.97 Å². The van der Waals surface area contributed by atoms with Gasteiger partial charge in [0, 0.05) is 37.4 Å². The lowest BCUT2D eigenvalue weighted by molar-refractivity contribution is 0.353. The van der Waals surface area contributed by atoms with Gasteiger partial charge in [-0.25, -0.2) is 9.97 Å². The van der Waals surface area contributed by atoms with Gasteiger partial charge in [0.05, 0.1) is 15.9 Å². The van der Waals surface area contributed by atoms with Crippen LogP contribution in [0.1, 0.15) is 43.2 Å². The number of hydrogen-bond donors (Lipinski definition) is 0. The van der Waals surface area contributed by atoms with Gasteiger partial charge in [0.15, 0.2) is 5.82 Å². The second-order valence-corrected chi connectivity index (χ2v) is 16.6. The monoisotopic (exact) mass is 736 g/mol. The van der Waals surface area contributed by atoms with Crippen molar-refractivity contribution in [3.8, 4) is 56.0 Å². The predicted molar refractivity (Wildman–Crippen MR) is 233 cm³/mol. The minimum absolute atomic E-state index is 0.0730.